The Balaban J connectivity index is 0.000000198. The van der Waals surface area contributed by atoms with Gasteiger partial charge in [-0.1, -0.05) is 135 Å². The number of benzene rings is 10. The van der Waals surface area contributed by atoms with Gasteiger partial charge in [0, 0.05) is 83.6 Å². The van der Waals surface area contributed by atoms with Crippen LogP contribution in [0.15, 0.2) is 254 Å². The molecule has 0 bridgehead atoms. The fraction of sp³-hybridized carbons (Fsp3) is 0.282. The van der Waals surface area contributed by atoms with Gasteiger partial charge in [0.2, 0.25) is 0 Å². The summed E-state index contributed by atoms with van der Waals surface area (Å²) in [5.41, 5.74) is 15.8. The maximum atomic E-state index is 14.6. The Hall–Kier alpha value is -15.6. The van der Waals surface area contributed by atoms with Crippen LogP contribution in [0.4, 0.5) is 32.3 Å². The second-order valence-corrected chi connectivity index (χ2v) is 33.9. The van der Waals surface area contributed by atoms with Gasteiger partial charge < -0.3 is 90.5 Å². The van der Waals surface area contributed by atoms with Gasteiger partial charge in [-0.2, -0.15) is 0 Å². The average molecular weight is 1880 g/mol. The van der Waals surface area contributed by atoms with Crippen molar-refractivity contribution < 1.29 is 99.8 Å². The molecule has 29 nitrogen and oxygen atoms in total. The third-order valence-corrected chi connectivity index (χ3v) is 25.9. The number of hydrogen-bond acceptors (Lipinski definition) is 24. The quantitative estimate of drug-likeness (QED) is 0.0378. The molecule has 2 unspecified atom stereocenters. The van der Waals surface area contributed by atoms with E-state index < -0.39 is 36.7 Å². The standard InChI is InChI=1S/C60H62N4O14.C50H48N4O7/c1-9-26-75-59(67)63-47-33-53(51(71-5)31-45(47)55(65)61-24-22-41(29-49(61)57(63)73-7)39-14-18-43(69-3)19-15-39)77-35-37-12-11-13-38(28-37)36-78-54-34-48-46(32-52(54)72-6)56(66)62-25-23-42(40-16-20-44(70-4)21-17-40)30-50(62)58(74-8)64(48)60(68)76-27-10-2;1-56-41-12-8-34(9-13-41)36-16-18-53-29-38-23-46(58-3)48(25-44(38)51-27-39(53)21-36)60-30-32-6-5-7-33(20-32)31-61-49-26-45-43(24-47(49)59-4)50(55)54-19-17-37(22-40(54)28-52-45)35-10-14-42(57-2)15-11-35/h9-21,28-34,49-50,57-58H,1-2,22-27,35-36H2,3-8H3;5-15,20-28,39-40H,16-19,29-31H2,1-4H3/t49-,50-,57?,58?;39-,40-/m00/s1. The minimum Gasteiger partial charge on any atom is -0.497 e. The zero-order valence-electron chi connectivity index (χ0n) is 79.2. The van der Waals surface area contributed by atoms with Crippen molar-refractivity contribution in [2.75, 3.05) is 120 Å². The normalized spacial score (nSPS) is 18.3. The van der Waals surface area contributed by atoms with E-state index in [9.17, 15) is 24.0 Å². The lowest BCUT2D eigenvalue weighted by atomic mass is 9.94. The lowest BCUT2D eigenvalue weighted by Crippen LogP contribution is -2.55. The SMILES string of the molecule is C=CCOC(=O)N1c2cc(OCc3cccc(COc4cc5c(cc4OC)C(=O)N4CCC(c6ccc(OC)cc6)=C[C@H]4C(OC)N5C(=O)OCC=C)c3)c(OC)cc2C(=O)N2CCC(c3ccc(OC)cc3)=C[C@H]2C1OC.COc1ccc(C2=C[C@H]3C=Nc4cc(OCc5cccc(COc6cc7c(cc6OC)C(=O)N6CCC(c8ccc(OC)cc8)=C[C@H]6C=N7)c5)c(OC)cc4CN3CC2)cc1. The summed E-state index contributed by atoms with van der Waals surface area (Å²) < 4.78 is 93.8. The molecule has 0 saturated heterocycles. The molecule has 139 heavy (non-hydrogen) atoms. The molecule has 0 radical (unpaired) electrons. The van der Waals surface area contributed by atoms with Crippen molar-refractivity contribution in [1.82, 2.24) is 19.6 Å². The molecule has 18 rings (SSSR count). The first-order chi connectivity index (χ1) is 67.8. The fourth-order valence-corrected chi connectivity index (χ4v) is 18.7. The number of carbonyl (C=O) groups is 5. The lowest BCUT2D eigenvalue weighted by molar-refractivity contribution is 0.0274. The number of hydrogen-bond donors (Lipinski definition) is 0. The number of nitrogens with zero attached hydrogens (tertiary/aromatic N) is 8. The molecule has 0 N–H and O–H groups in total. The Labute approximate surface area is 807 Å². The molecule has 0 aliphatic carbocycles. The number of methoxy groups -OCH3 is 10. The molecule has 0 fully saturated rings. The predicted molar refractivity (Wildman–Crippen MR) is 529 cm³/mol. The van der Waals surface area contributed by atoms with Crippen molar-refractivity contribution in [3.05, 3.63) is 310 Å². The summed E-state index contributed by atoms with van der Waals surface area (Å²) in [4.78, 5) is 91.5. The van der Waals surface area contributed by atoms with Gasteiger partial charge in [-0.3, -0.25) is 29.3 Å². The third-order valence-electron chi connectivity index (χ3n) is 25.9. The minimum atomic E-state index is -1.01. The zero-order chi connectivity index (χ0) is 96.9. The van der Waals surface area contributed by atoms with Gasteiger partial charge in [0.25, 0.3) is 17.7 Å². The third kappa shape index (κ3) is 20.5. The highest BCUT2D eigenvalue weighted by atomic mass is 16.6. The largest absolute Gasteiger partial charge is 0.497 e. The van der Waals surface area contributed by atoms with Gasteiger partial charge in [-0.25, -0.2) is 19.4 Å². The molecule has 0 saturated carbocycles. The highest BCUT2D eigenvalue weighted by Crippen LogP contribution is 2.48. The van der Waals surface area contributed by atoms with Crippen LogP contribution in [0.25, 0.3) is 22.3 Å². The molecule has 716 valence electrons. The summed E-state index contributed by atoms with van der Waals surface area (Å²) in [6.07, 6.45) is 14.4. The summed E-state index contributed by atoms with van der Waals surface area (Å²) in [6.45, 7) is 10.9. The van der Waals surface area contributed by atoms with Crippen LogP contribution >= 0.6 is 0 Å². The van der Waals surface area contributed by atoms with Gasteiger partial charge in [0.05, 0.1) is 120 Å². The van der Waals surface area contributed by atoms with Crippen LogP contribution < -0.4 is 66.6 Å². The van der Waals surface area contributed by atoms with Gasteiger partial charge in [0.15, 0.2) is 58.5 Å². The minimum absolute atomic E-state index is 0.0328. The molecule has 10 aromatic carbocycles. The number of anilines is 2. The van der Waals surface area contributed by atoms with Gasteiger partial charge in [0.1, 0.15) is 62.6 Å². The number of fused-ring (bicyclic) bond motifs is 8. The molecule has 8 aliphatic rings. The average Bonchev–Trinajstić information content (AvgIpc) is 1.60. The molecular weight excluding hydrogens is 1770 g/mol. The molecule has 8 aliphatic heterocycles. The van der Waals surface area contributed by atoms with Crippen LogP contribution in [0.2, 0.25) is 0 Å². The van der Waals surface area contributed by atoms with E-state index in [2.05, 4.69) is 48.4 Å². The molecule has 29 heteroatoms. The summed E-state index contributed by atoms with van der Waals surface area (Å²) in [6, 6.07) is 59.4. The second-order valence-electron chi connectivity index (χ2n) is 33.9. The fourth-order valence-electron chi connectivity index (χ4n) is 18.7. The Morgan fingerprint density at radius 3 is 1.09 bits per heavy atom. The van der Waals surface area contributed by atoms with Crippen molar-refractivity contribution in [2.24, 2.45) is 9.98 Å². The number of ether oxygens (including phenoxy) is 16. The van der Waals surface area contributed by atoms with E-state index in [4.69, 9.17) is 85.8 Å². The van der Waals surface area contributed by atoms with Crippen LogP contribution in [0, 0.1) is 0 Å². The highest BCUT2D eigenvalue weighted by molar-refractivity contribution is 6.08. The van der Waals surface area contributed by atoms with Gasteiger partial charge >= 0.3 is 12.2 Å². The maximum absolute atomic E-state index is 14.6. The molecular formula is C110H110N8O21. The smallest absolute Gasteiger partial charge is 0.416 e. The van der Waals surface area contributed by atoms with E-state index in [1.54, 1.807) is 88.9 Å². The van der Waals surface area contributed by atoms with E-state index in [0.717, 1.165) is 98.8 Å². The van der Waals surface area contributed by atoms with Crippen molar-refractivity contribution >= 4 is 87.4 Å². The summed E-state index contributed by atoms with van der Waals surface area (Å²) in [5.74, 6) is 5.61. The second kappa shape index (κ2) is 43.2. The first kappa shape index (κ1) is 95.1. The van der Waals surface area contributed by atoms with Crippen LogP contribution in [-0.2, 0) is 51.9 Å². The Kier molecular flexibility index (Phi) is 29.6. The van der Waals surface area contributed by atoms with E-state index in [-0.39, 0.29) is 108 Å². The van der Waals surface area contributed by atoms with Crippen molar-refractivity contribution in [3.8, 4) is 69.0 Å². The summed E-state index contributed by atoms with van der Waals surface area (Å²) in [5, 5.41) is 0. The van der Waals surface area contributed by atoms with Crippen molar-refractivity contribution in [3.63, 3.8) is 0 Å². The lowest BCUT2D eigenvalue weighted by Gasteiger charge is -2.39. The van der Waals surface area contributed by atoms with E-state index in [1.165, 1.54) is 67.1 Å². The van der Waals surface area contributed by atoms with Crippen LogP contribution in [-0.4, -0.2) is 209 Å². The summed E-state index contributed by atoms with van der Waals surface area (Å²) in [7, 11) is 15.7. The Morgan fingerprint density at radius 2 is 0.698 bits per heavy atom. The number of aliphatic imine (C=N–C) groups is 2. The molecule has 5 amide bonds. The van der Waals surface area contributed by atoms with E-state index in [0.29, 0.717) is 84.8 Å². The molecule has 6 atom stereocenters. The Bertz CT molecular complexity index is 6270. The van der Waals surface area contributed by atoms with Crippen LogP contribution in [0.1, 0.15) is 107 Å². The van der Waals surface area contributed by atoms with Crippen molar-refractivity contribution in [1.29, 1.82) is 0 Å². The number of amides is 5. The first-order valence-corrected chi connectivity index (χ1v) is 45.8. The van der Waals surface area contributed by atoms with Crippen molar-refractivity contribution in [2.45, 2.75) is 95.3 Å². The predicted octanol–water partition coefficient (Wildman–Crippen LogP) is 19.0. The highest BCUT2D eigenvalue weighted by Gasteiger charge is 2.48. The molecule has 10 aromatic rings. The zero-order valence-corrected chi connectivity index (χ0v) is 79.2. The first-order valence-electron chi connectivity index (χ1n) is 45.8. The van der Waals surface area contributed by atoms with Gasteiger partial charge in [-0.05, 0) is 183 Å². The van der Waals surface area contributed by atoms with E-state index in [1.807, 2.05) is 169 Å². The molecule has 0 spiro atoms. The topological polar surface area (TPSA) is 277 Å². The van der Waals surface area contributed by atoms with Gasteiger partial charge in [-0.15, -0.1) is 0 Å². The number of carbonyl (C=O) groups excluding carboxylic acids is 5. The number of rotatable bonds is 30. The maximum Gasteiger partial charge on any atom is 0.416 e. The monoisotopic (exact) mass is 1880 g/mol. The van der Waals surface area contributed by atoms with Crippen LogP contribution in [0.3, 0.4) is 0 Å². The molecule has 0 aromatic heterocycles. The molecule has 8 heterocycles. The Morgan fingerprint density at radius 1 is 0.360 bits per heavy atom. The van der Waals surface area contributed by atoms with Crippen LogP contribution in [0.5, 0.6) is 69.0 Å². The summed E-state index contributed by atoms with van der Waals surface area (Å²) >= 11 is 0. The van der Waals surface area contributed by atoms with E-state index >= 15 is 0 Å².